The number of hydrogen-bond donors (Lipinski definition) is 2. The molecule has 26 heavy (non-hydrogen) atoms. The zero-order valence-electron chi connectivity index (χ0n) is 15.7. The van der Waals surface area contributed by atoms with Gasteiger partial charge in [-0.15, -0.1) is 0 Å². The second-order valence-electron chi connectivity index (χ2n) is 7.68. The number of amides is 1. The van der Waals surface area contributed by atoms with Gasteiger partial charge in [0.15, 0.2) is 5.69 Å². The van der Waals surface area contributed by atoms with Crippen LogP contribution in [0.2, 0.25) is 0 Å². The molecule has 2 aliphatic carbocycles. The molecule has 1 atom stereocenters. The third-order valence-electron chi connectivity index (χ3n) is 5.72. The largest absolute Gasteiger partial charge is 0.465 e. The molecule has 1 amide bonds. The van der Waals surface area contributed by atoms with Crippen molar-refractivity contribution >= 4 is 5.91 Å². The highest BCUT2D eigenvalue weighted by Crippen LogP contribution is 2.26. The number of carbonyl (C=O) groups excluding carboxylic acids is 1. The van der Waals surface area contributed by atoms with E-state index >= 15 is 0 Å². The molecule has 0 aliphatic heterocycles. The lowest BCUT2D eigenvalue weighted by molar-refractivity contribution is 0.0941. The number of furan rings is 1. The highest BCUT2D eigenvalue weighted by Gasteiger charge is 2.29. The molecule has 0 aromatic carbocycles. The minimum atomic E-state index is -0.114. The summed E-state index contributed by atoms with van der Waals surface area (Å²) in [7, 11) is 1.94. The summed E-state index contributed by atoms with van der Waals surface area (Å²) in [5.41, 5.74) is 2.89. The zero-order valence-corrected chi connectivity index (χ0v) is 15.7. The summed E-state index contributed by atoms with van der Waals surface area (Å²) < 4.78 is 7.41. The average molecular weight is 356 g/mol. The van der Waals surface area contributed by atoms with Gasteiger partial charge in [-0.25, -0.2) is 0 Å². The Kier molecular flexibility index (Phi) is 4.85. The maximum Gasteiger partial charge on any atom is 0.272 e. The Hall–Kier alpha value is -2.08. The third kappa shape index (κ3) is 3.56. The number of carbonyl (C=O) groups is 1. The van der Waals surface area contributed by atoms with Crippen LogP contribution >= 0.6 is 0 Å². The van der Waals surface area contributed by atoms with Crippen molar-refractivity contribution in [3.05, 3.63) is 40.6 Å². The Bertz CT molecular complexity index is 786. The molecule has 6 heteroatoms. The monoisotopic (exact) mass is 356 g/mol. The average Bonchev–Trinajstić information content (AvgIpc) is 3.35. The van der Waals surface area contributed by atoms with Crippen LogP contribution in [0.1, 0.15) is 65.4 Å². The molecule has 0 saturated heterocycles. The van der Waals surface area contributed by atoms with Crippen molar-refractivity contribution in [2.75, 3.05) is 0 Å². The highest BCUT2D eigenvalue weighted by molar-refractivity contribution is 5.94. The minimum absolute atomic E-state index is 0.114. The van der Waals surface area contributed by atoms with Crippen LogP contribution in [0.25, 0.3) is 0 Å². The second-order valence-corrected chi connectivity index (χ2v) is 7.68. The van der Waals surface area contributed by atoms with Crippen molar-refractivity contribution in [1.29, 1.82) is 0 Å². The van der Waals surface area contributed by atoms with E-state index in [2.05, 4.69) is 15.7 Å². The molecule has 0 radical (unpaired) electrons. The van der Waals surface area contributed by atoms with Crippen LogP contribution in [0.4, 0.5) is 0 Å². The smallest absolute Gasteiger partial charge is 0.272 e. The lowest BCUT2D eigenvalue weighted by Gasteiger charge is -2.27. The van der Waals surface area contributed by atoms with E-state index in [1.807, 2.05) is 30.8 Å². The first-order valence-electron chi connectivity index (χ1n) is 9.74. The molecule has 2 aliphatic rings. The van der Waals surface area contributed by atoms with E-state index in [0.29, 0.717) is 24.3 Å². The lowest BCUT2D eigenvalue weighted by atomic mass is 9.90. The zero-order chi connectivity index (χ0) is 18.1. The summed E-state index contributed by atoms with van der Waals surface area (Å²) >= 11 is 0. The topological polar surface area (TPSA) is 72.1 Å². The number of aryl methyl sites for hydroxylation is 2. The van der Waals surface area contributed by atoms with Crippen molar-refractivity contribution in [3.8, 4) is 0 Å². The Morgan fingerprint density at radius 1 is 1.27 bits per heavy atom. The molecule has 2 heterocycles. The predicted molar refractivity (Wildman–Crippen MR) is 99.0 cm³/mol. The van der Waals surface area contributed by atoms with Crippen LogP contribution in [0, 0.1) is 6.92 Å². The summed E-state index contributed by atoms with van der Waals surface area (Å²) in [5.74, 6) is 1.50. The van der Waals surface area contributed by atoms with Gasteiger partial charge in [0.1, 0.15) is 11.5 Å². The fraction of sp³-hybridized carbons (Fsp3) is 0.600. The van der Waals surface area contributed by atoms with Crippen LogP contribution in [0.3, 0.4) is 0 Å². The van der Waals surface area contributed by atoms with Crippen molar-refractivity contribution in [1.82, 2.24) is 20.4 Å². The highest BCUT2D eigenvalue weighted by atomic mass is 16.3. The quantitative estimate of drug-likeness (QED) is 0.864. The Balaban J connectivity index is 1.44. The van der Waals surface area contributed by atoms with Gasteiger partial charge in [0.2, 0.25) is 0 Å². The second kappa shape index (κ2) is 7.27. The van der Waals surface area contributed by atoms with E-state index in [1.54, 1.807) is 0 Å². The predicted octanol–water partition coefficient (Wildman–Crippen LogP) is 2.64. The number of hydrogen-bond acceptors (Lipinski definition) is 4. The fourth-order valence-electron chi connectivity index (χ4n) is 4.37. The molecule has 2 aromatic heterocycles. The van der Waals surface area contributed by atoms with Crippen LogP contribution in [0.5, 0.6) is 0 Å². The van der Waals surface area contributed by atoms with Crippen LogP contribution in [-0.4, -0.2) is 27.8 Å². The number of nitrogens with one attached hydrogen (secondary N) is 2. The van der Waals surface area contributed by atoms with E-state index in [9.17, 15) is 4.79 Å². The van der Waals surface area contributed by atoms with Crippen molar-refractivity contribution in [2.24, 2.45) is 7.05 Å². The number of fused-ring (bicyclic) bond motifs is 1. The first kappa shape index (κ1) is 17.3. The number of aromatic nitrogens is 2. The van der Waals surface area contributed by atoms with Gasteiger partial charge in [-0.05, 0) is 51.2 Å². The maximum absolute atomic E-state index is 12.7. The normalized spacial score (nSPS) is 20.3. The van der Waals surface area contributed by atoms with E-state index < -0.39 is 0 Å². The molecule has 2 N–H and O–H groups in total. The molecule has 1 fully saturated rings. The summed E-state index contributed by atoms with van der Waals surface area (Å²) in [6.45, 7) is 2.29. The molecule has 4 rings (SSSR count). The summed E-state index contributed by atoms with van der Waals surface area (Å²) in [6, 6.07) is 4.90. The van der Waals surface area contributed by atoms with Crippen LogP contribution < -0.4 is 10.6 Å². The van der Waals surface area contributed by atoms with Gasteiger partial charge < -0.3 is 15.1 Å². The standard InChI is InChI=1S/C20H28N4O2/c1-13-7-9-16(26-13)12-21-20(25)19-17-11-15(22-14-5-3-4-6-14)8-10-18(17)24(2)23-19/h7,9,14-15,22H,3-6,8,10-12H2,1-2H3,(H,21,25). The van der Waals surface area contributed by atoms with Gasteiger partial charge in [-0.1, -0.05) is 12.8 Å². The minimum Gasteiger partial charge on any atom is -0.465 e. The molecule has 0 bridgehead atoms. The fourth-order valence-corrected chi connectivity index (χ4v) is 4.37. The molecule has 6 nitrogen and oxygen atoms in total. The van der Waals surface area contributed by atoms with Gasteiger partial charge in [-0.2, -0.15) is 5.10 Å². The Morgan fingerprint density at radius 2 is 2.08 bits per heavy atom. The van der Waals surface area contributed by atoms with Crippen LogP contribution in [0.15, 0.2) is 16.5 Å². The third-order valence-corrected chi connectivity index (χ3v) is 5.72. The SMILES string of the molecule is Cc1ccc(CNC(=O)c2nn(C)c3c2CC(NC2CCCC2)CC3)o1. The lowest BCUT2D eigenvalue weighted by Crippen LogP contribution is -2.40. The summed E-state index contributed by atoms with van der Waals surface area (Å²) in [6.07, 6.45) is 8.23. The summed E-state index contributed by atoms with van der Waals surface area (Å²) in [4.78, 5) is 12.7. The van der Waals surface area contributed by atoms with Gasteiger partial charge in [0, 0.05) is 30.4 Å². The molecule has 2 aromatic rings. The van der Waals surface area contributed by atoms with E-state index in [-0.39, 0.29) is 5.91 Å². The molecule has 140 valence electrons. The van der Waals surface area contributed by atoms with Crippen molar-refractivity contribution in [3.63, 3.8) is 0 Å². The summed E-state index contributed by atoms with van der Waals surface area (Å²) in [5, 5.41) is 11.3. The molecule has 1 unspecified atom stereocenters. The molecular weight excluding hydrogens is 328 g/mol. The van der Waals surface area contributed by atoms with Crippen molar-refractivity contribution in [2.45, 2.75) is 70.5 Å². The Morgan fingerprint density at radius 3 is 2.81 bits per heavy atom. The van der Waals surface area contributed by atoms with E-state index in [1.165, 1.54) is 31.4 Å². The molecule has 0 spiro atoms. The first-order valence-corrected chi connectivity index (χ1v) is 9.74. The van der Waals surface area contributed by atoms with Gasteiger partial charge >= 0.3 is 0 Å². The number of nitrogens with zero attached hydrogens (tertiary/aromatic N) is 2. The first-order chi connectivity index (χ1) is 12.6. The van der Waals surface area contributed by atoms with E-state index in [4.69, 9.17) is 4.42 Å². The van der Waals surface area contributed by atoms with Gasteiger partial charge in [-0.3, -0.25) is 9.48 Å². The van der Waals surface area contributed by atoms with Gasteiger partial charge in [0.05, 0.1) is 6.54 Å². The van der Waals surface area contributed by atoms with Crippen molar-refractivity contribution < 1.29 is 9.21 Å². The Labute approximate surface area is 154 Å². The van der Waals surface area contributed by atoms with E-state index in [0.717, 1.165) is 36.3 Å². The molecule has 1 saturated carbocycles. The molecular formula is C20H28N4O2. The number of rotatable bonds is 5. The maximum atomic E-state index is 12.7. The van der Waals surface area contributed by atoms with Crippen LogP contribution in [-0.2, 0) is 26.4 Å². The van der Waals surface area contributed by atoms with Gasteiger partial charge in [0.25, 0.3) is 5.91 Å².